The number of carbonyl (C=O) groups excluding carboxylic acids is 1. The van der Waals surface area contributed by atoms with Gasteiger partial charge in [-0.1, -0.05) is 70.6 Å². The molecule has 0 spiro atoms. The number of thiazole rings is 1. The lowest BCUT2D eigenvalue weighted by Crippen LogP contribution is -2.30. The molecule has 7 nitrogen and oxygen atoms in total. The Labute approximate surface area is 243 Å². The van der Waals surface area contributed by atoms with E-state index in [-0.39, 0.29) is 11.4 Å². The molecule has 5 rings (SSSR count). The van der Waals surface area contributed by atoms with Crippen molar-refractivity contribution in [3.8, 4) is 0 Å². The van der Waals surface area contributed by atoms with Crippen LogP contribution in [0.25, 0.3) is 10.2 Å². The predicted molar refractivity (Wildman–Crippen MR) is 162 cm³/mol. The Hall–Kier alpha value is -3.22. The van der Waals surface area contributed by atoms with Crippen LogP contribution in [-0.4, -0.2) is 36.4 Å². The first-order valence-electron chi connectivity index (χ1n) is 12.0. The summed E-state index contributed by atoms with van der Waals surface area (Å²) < 4.78 is 30.0. The first-order chi connectivity index (χ1) is 18.8. The minimum Gasteiger partial charge on any atom is -0.267 e. The lowest BCUT2D eigenvalue weighted by Gasteiger charge is -2.21. The number of hydrogen-bond donors (Lipinski definition) is 0. The number of sulfonamides is 1. The monoisotopic (exact) mass is 638 g/mol. The summed E-state index contributed by atoms with van der Waals surface area (Å²) in [6, 6.07) is 24.9. The van der Waals surface area contributed by atoms with Crippen molar-refractivity contribution in [2.24, 2.45) is 5.10 Å². The van der Waals surface area contributed by atoms with Crippen LogP contribution in [0.4, 0.5) is 5.13 Å². The third-order valence-electron chi connectivity index (χ3n) is 5.85. The van der Waals surface area contributed by atoms with Gasteiger partial charge in [-0.2, -0.15) is 14.4 Å². The smallest absolute Gasteiger partial charge is 0.267 e. The molecule has 0 atom stereocenters. The molecular formula is C28H23BrN4O3S3. The van der Waals surface area contributed by atoms with Gasteiger partial charge >= 0.3 is 0 Å². The number of thiophene rings is 1. The molecule has 0 radical (unpaired) electrons. The number of halogens is 1. The molecule has 0 bridgehead atoms. The molecule has 0 N–H and O–H groups in total. The number of fused-ring (bicyclic) bond motifs is 1. The van der Waals surface area contributed by atoms with E-state index in [0.717, 1.165) is 25.1 Å². The van der Waals surface area contributed by atoms with Gasteiger partial charge in [0.05, 0.1) is 21.3 Å². The molecule has 3 aromatic carbocycles. The van der Waals surface area contributed by atoms with Gasteiger partial charge in [0.15, 0.2) is 0 Å². The summed E-state index contributed by atoms with van der Waals surface area (Å²) in [6.45, 7) is 2.38. The molecule has 0 aliphatic carbocycles. The highest BCUT2D eigenvalue weighted by atomic mass is 79.9. The van der Waals surface area contributed by atoms with Crippen LogP contribution in [0.2, 0.25) is 0 Å². The van der Waals surface area contributed by atoms with E-state index < -0.39 is 15.9 Å². The summed E-state index contributed by atoms with van der Waals surface area (Å²) >= 11 is 6.32. The average Bonchev–Trinajstić information content (AvgIpc) is 3.62. The van der Waals surface area contributed by atoms with Crippen LogP contribution in [0.1, 0.15) is 27.7 Å². The Morgan fingerprint density at radius 3 is 2.49 bits per heavy atom. The largest absolute Gasteiger partial charge is 0.280 e. The summed E-state index contributed by atoms with van der Waals surface area (Å²) in [6.07, 6.45) is 1.62. The molecule has 198 valence electrons. The van der Waals surface area contributed by atoms with Crippen molar-refractivity contribution in [2.75, 3.05) is 11.6 Å². The summed E-state index contributed by atoms with van der Waals surface area (Å²) in [5.41, 5.74) is 1.95. The van der Waals surface area contributed by atoms with Crippen molar-refractivity contribution < 1.29 is 13.2 Å². The van der Waals surface area contributed by atoms with Crippen LogP contribution in [0.5, 0.6) is 0 Å². The SMILES string of the molecule is CCN(Cc1ccccc1)S(=O)(=O)c1ccc(C(=O)N(/N=C/c2cccs2)c2nc3ccc(Br)cc3s2)cc1. The number of carbonyl (C=O) groups is 1. The van der Waals surface area contributed by atoms with Crippen LogP contribution in [0.3, 0.4) is 0 Å². The first-order valence-corrected chi connectivity index (χ1v) is 15.9. The lowest BCUT2D eigenvalue weighted by molar-refractivity contribution is 0.0987. The third kappa shape index (κ3) is 6.18. The van der Waals surface area contributed by atoms with Gasteiger partial charge in [0.2, 0.25) is 15.2 Å². The zero-order chi connectivity index (χ0) is 27.4. The van der Waals surface area contributed by atoms with E-state index in [1.54, 1.807) is 13.1 Å². The van der Waals surface area contributed by atoms with Crippen molar-refractivity contribution in [3.05, 3.63) is 111 Å². The standard InChI is InChI=1S/C28H23BrN4O3S3/c1-2-32(19-20-7-4-3-5-8-20)39(35,36)24-13-10-21(11-14-24)27(34)33(30-18-23-9-6-16-37-23)28-31-25-15-12-22(29)17-26(25)38-28/h3-18H,2,19H2,1H3/b30-18+. The zero-order valence-electron chi connectivity index (χ0n) is 20.8. The minimum absolute atomic E-state index is 0.121. The molecule has 0 unspecified atom stereocenters. The van der Waals surface area contributed by atoms with Gasteiger partial charge in [0, 0.05) is 28.0 Å². The second-order valence-electron chi connectivity index (χ2n) is 8.43. The molecule has 0 fully saturated rings. The van der Waals surface area contributed by atoms with E-state index in [1.165, 1.54) is 56.3 Å². The molecule has 2 heterocycles. The van der Waals surface area contributed by atoms with Gasteiger partial charge in [-0.3, -0.25) is 4.79 Å². The fourth-order valence-corrected chi connectivity index (χ4v) is 7.33. The summed E-state index contributed by atoms with van der Waals surface area (Å²) in [7, 11) is -3.76. The van der Waals surface area contributed by atoms with E-state index in [2.05, 4.69) is 26.0 Å². The van der Waals surface area contributed by atoms with E-state index in [1.807, 2.05) is 66.0 Å². The van der Waals surface area contributed by atoms with Gasteiger partial charge in [-0.05, 0) is 59.5 Å². The normalized spacial score (nSPS) is 12.0. The van der Waals surface area contributed by atoms with Gasteiger partial charge in [-0.15, -0.1) is 11.3 Å². The number of rotatable bonds is 9. The molecule has 11 heteroatoms. The molecule has 0 saturated carbocycles. The average molecular weight is 640 g/mol. The highest BCUT2D eigenvalue weighted by Gasteiger charge is 2.25. The van der Waals surface area contributed by atoms with Crippen molar-refractivity contribution in [1.29, 1.82) is 0 Å². The summed E-state index contributed by atoms with van der Waals surface area (Å²) in [5.74, 6) is -0.415. The number of hydrogen-bond acceptors (Lipinski definition) is 7. The molecule has 0 aliphatic heterocycles. The topological polar surface area (TPSA) is 82.9 Å². The highest BCUT2D eigenvalue weighted by Crippen LogP contribution is 2.32. The first kappa shape index (κ1) is 27.4. The molecular weight excluding hydrogens is 616 g/mol. The van der Waals surface area contributed by atoms with Crippen molar-refractivity contribution in [1.82, 2.24) is 9.29 Å². The van der Waals surface area contributed by atoms with Crippen LogP contribution >= 0.6 is 38.6 Å². The number of benzene rings is 3. The quantitative estimate of drug-likeness (QED) is 0.128. The van der Waals surface area contributed by atoms with Gasteiger partial charge in [0.25, 0.3) is 5.91 Å². The van der Waals surface area contributed by atoms with Gasteiger partial charge in [0.1, 0.15) is 0 Å². The summed E-state index contributed by atoms with van der Waals surface area (Å²) in [5, 5.41) is 8.07. The molecule has 0 aliphatic rings. The molecule has 2 aromatic heterocycles. The lowest BCUT2D eigenvalue weighted by atomic mass is 10.2. The Balaban J connectivity index is 1.44. The maximum atomic E-state index is 13.7. The van der Waals surface area contributed by atoms with Crippen molar-refractivity contribution >= 4 is 76.1 Å². The van der Waals surface area contributed by atoms with Crippen molar-refractivity contribution in [2.45, 2.75) is 18.4 Å². The second kappa shape index (κ2) is 11.9. The highest BCUT2D eigenvalue weighted by molar-refractivity contribution is 9.10. The van der Waals surface area contributed by atoms with E-state index in [0.29, 0.717) is 17.2 Å². The summed E-state index contributed by atoms with van der Waals surface area (Å²) in [4.78, 5) is 19.3. The van der Waals surface area contributed by atoms with E-state index in [9.17, 15) is 13.2 Å². The Bertz CT molecular complexity index is 1720. The van der Waals surface area contributed by atoms with Gasteiger partial charge < -0.3 is 0 Å². The number of hydrazone groups is 1. The zero-order valence-corrected chi connectivity index (χ0v) is 24.8. The number of amides is 1. The molecule has 5 aromatic rings. The Morgan fingerprint density at radius 1 is 1.03 bits per heavy atom. The van der Waals surface area contributed by atoms with Crippen molar-refractivity contribution in [3.63, 3.8) is 0 Å². The maximum absolute atomic E-state index is 13.7. The number of anilines is 1. The van der Waals surface area contributed by atoms with Crippen LogP contribution in [0.15, 0.2) is 105 Å². The van der Waals surface area contributed by atoms with Crippen LogP contribution < -0.4 is 5.01 Å². The third-order valence-corrected chi connectivity index (χ3v) is 10.1. The molecule has 39 heavy (non-hydrogen) atoms. The van der Waals surface area contributed by atoms with Gasteiger partial charge in [-0.25, -0.2) is 13.4 Å². The van der Waals surface area contributed by atoms with E-state index >= 15 is 0 Å². The fraction of sp³-hybridized carbons (Fsp3) is 0.107. The van der Waals surface area contributed by atoms with Crippen LogP contribution in [-0.2, 0) is 16.6 Å². The second-order valence-corrected chi connectivity index (χ2v) is 13.3. The fourth-order valence-electron chi connectivity index (χ4n) is 3.84. The minimum atomic E-state index is -3.76. The maximum Gasteiger partial charge on any atom is 0.280 e. The Kier molecular flexibility index (Phi) is 8.34. The predicted octanol–water partition coefficient (Wildman–Crippen LogP) is 7.01. The Morgan fingerprint density at radius 2 is 1.79 bits per heavy atom. The number of aromatic nitrogens is 1. The molecule has 0 saturated heterocycles. The van der Waals surface area contributed by atoms with Crippen LogP contribution in [0, 0.1) is 0 Å². The molecule has 1 amide bonds. The number of nitrogens with zero attached hydrogens (tertiary/aromatic N) is 4. The van der Waals surface area contributed by atoms with E-state index in [4.69, 9.17) is 0 Å².